The molecule has 0 unspecified atom stereocenters. The van der Waals surface area contributed by atoms with Crippen LogP contribution in [0.15, 0.2) is 22.7 Å². The van der Waals surface area contributed by atoms with E-state index in [-0.39, 0.29) is 12.5 Å². The van der Waals surface area contributed by atoms with E-state index in [1.807, 2.05) is 19.1 Å². The molecule has 1 N–H and O–H groups in total. The number of carbonyl (C=O) groups excluding carboxylic acids is 1. The predicted molar refractivity (Wildman–Crippen MR) is 73.7 cm³/mol. The van der Waals surface area contributed by atoms with Crippen molar-refractivity contribution in [2.24, 2.45) is 0 Å². The minimum Gasteiger partial charge on any atom is -0.395 e. The van der Waals surface area contributed by atoms with Crippen LogP contribution in [0.25, 0.3) is 0 Å². The molecule has 4 nitrogen and oxygen atoms in total. The van der Waals surface area contributed by atoms with Gasteiger partial charge in [-0.25, -0.2) is 0 Å². The third kappa shape index (κ3) is 4.40. The zero-order chi connectivity index (χ0) is 13.5. The van der Waals surface area contributed by atoms with Crippen LogP contribution in [0.3, 0.4) is 0 Å². The molecule has 0 spiro atoms. The Morgan fingerprint density at radius 1 is 1.39 bits per heavy atom. The quantitative estimate of drug-likeness (QED) is 0.871. The Labute approximate surface area is 116 Å². The SMILES string of the molecule is COCCN(CCO)C(=O)c1cc(C)cc(Br)c1. The van der Waals surface area contributed by atoms with Crippen molar-refractivity contribution < 1.29 is 14.6 Å². The Morgan fingerprint density at radius 3 is 2.67 bits per heavy atom. The number of amides is 1. The molecule has 0 aromatic heterocycles. The van der Waals surface area contributed by atoms with E-state index in [2.05, 4.69) is 15.9 Å². The minimum absolute atomic E-state index is 0.0531. The number of hydrogen-bond donors (Lipinski definition) is 1. The van der Waals surface area contributed by atoms with Crippen LogP contribution in [0.5, 0.6) is 0 Å². The van der Waals surface area contributed by atoms with Gasteiger partial charge in [-0.05, 0) is 30.7 Å². The number of rotatable bonds is 6. The fourth-order valence-electron chi connectivity index (χ4n) is 1.68. The summed E-state index contributed by atoms with van der Waals surface area (Å²) in [6, 6.07) is 5.57. The van der Waals surface area contributed by atoms with Crippen LogP contribution >= 0.6 is 15.9 Å². The summed E-state index contributed by atoms with van der Waals surface area (Å²) in [5.41, 5.74) is 1.63. The number of ether oxygens (including phenoxy) is 1. The second-order valence-corrected chi connectivity index (χ2v) is 4.94. The molecule has 18 heavy (non-hydrogen) atoms. The number of aryl methyl sites for hydroxylation is 1. The molecule has 0 saturated heterocycles. The third-order valence-corrected chi connectivity index (χ3v) is 2.97. The Hall–Kier alpha value is -0.910. The van der Waals surface area contributed by atoms with Crippen molar-refractivity contribution >= 4 is 21.8 Å². The van der Waals surface area contributed by atoms with Crippen molar-refractivity contribution in [3.8, 4) is 0 Å². The minimum atomic E-state index is -0.0921. The van der Waals surface area contributed by atoms with Crippen LogP contribution in [0, 0.1) is 6.92 Å². The van der Waals surface area contributed by atoms with Gasteiger partial charge >= 0.3 is 0 Å². The Kier molecular flexibility index (Phi) is 6.32. The van der Waals surface area contributed by atoms with E-state index in [9.17, 15) is 4.79 Å². The molecule has 0 saturated carbocycles. The molecule has 1 aromatic rings. The first-order valence-corrected chi connectivity index (χ1v) is 6.54. The first-order valence-electron chi connectivity index (χ1n) is 5.74. The molecule has 1 rings (SSSR count). The van der Waals surface area contributed by atoms with Crippen LogP contribution in [-0.4, -0.2) is 49.3 Å². The number of aliphatic hydroxyl groups excluding tert-OH is 1. The van der Waals surface area contributed by atoms with Gasteiger partial charge in [0.2, 0.25) is 0 Å². The zero-order valence-corrected chi connectivity index (χ0v) is 12.2. The first kappa shape index (κ1) is 15.1. The summed E-state index contributed by atoms with van der Waals surface area (Å²) in [5, 5.41) is 9.00. The summed E-state index contributed by atoms with van der Waals surface area (Å²) in [6.45, 7) is 3.13. The number of nitrogens with zero attached hydrogens (tertiary/aromatic N) is 1. The number of hydrogen-bond acceptors (Lipinski definition) is 3. The number of carbonyl (C=O) groups is 1. The van der Waals surface area contributed by atoms with Gasteiger partial charge in [-0.15, -0.1) is 0 Å². The lowest BCUT2D eigenvalue weighted by Gasteiger charge is -2.21. The van der Waals surface area contributed by atoms with Gasteiger partial charge in [0, 0.05) is 30.2 Å². The Balaban J connectivity index is 2.86. The molecule has 0 fully saturated rings. The van der Waals surface area contributed by atoms with Crippen molar-refractivity contribution in [3.63, 3.8) is 0 Å². The monoisotopic (exact) mass is 315 g/mol. The molecule has 1 aromatic carbocycles. The van der Waals surface area contributed by atoms with Crippen LogP contribution < -0.4 is 0 Å². The maximum absolute atomic E-state index is 12.3. The average molecular weight is 316 g/mol. The van der Waals surface area contributed by atoms with Gasteiger partial charge in [0.05, 0.1) is 13.2 Å². The standard InChI is InChI=1S/C13H18BrNO3/c1-10-7-11(9-12(14)8-10)13(17)15(3-5-16)4-6-18-2/h7-9,16H,3-6H2,1-2H3. The molecule has 0 radical (unpaired) electrons. The van der Waals surface area contributed by atoms with Gasteiger partial charge in [-0.2, -0.15) is 0 Å². The molecular formula is C13H18BrNO3. The van der Waals surface area contributed by atoms with Crippen LogP contribution in [-0.2, 0) is 4.74 Å². The summed E-state index contributed by atoms with van der Waals surface area (Å²) >= 11 is 3.38. The van der Waals surface area contributed by atoms with Gasteiger partial charge in [-0.1, -0.05) is 15.9 Å². The first-order chi connectivity index (χ1) is 8.58. The molecule has 0 atom stereocenters. The second-order valence-electron chi connectivity index (χ2n) is 4.03. The number of benzene rings is 1. The lowest BCUT2D eigenvalue weighted by atomic mass is 10.1. The highest BCUT2D eigenvalue weighted by Gasteiger charge is 2.15. The molecule has 0 aliphatic rings. The van der Waals surface area contributed by atoms with Crippen molar-refractivity contribution in [2.75, 3.05) is 33.4 Å². The van der Waals surface area contributed by atoms with E-state index >= 15 is 0 Å². The average Bonchev–Trinajstić information content (AvgIpc) is 2.32. The summed E-state index contributed by atoms with van der Waals surface area (Å²) in [6.07, 6.45) is 0. The smallest absolute Gasteiger partial charge is 0.254 e. The van der Waals surface area contributed by atoms with Crippen molar-refractivity contribution in [3.05, 3.63) is 33.8 Å². The lowest BCUT2D eigenvalue weighted by Crippen LogP contribution is -2.36. The Bertz CT molecular complexity index is 389. The van der Waals surface area contributed by atoms with Crippen molar-refractivity contribution in [1.29, 1.82) is 0 Å². The molecule has 0 aliphatic carbocycles. The molecular weight excluding hydrogens is 298 g/mol. The van der Waals surface area contributed by atoms with Crippen molar-refractivity contribution in [1.82, 2.24) is 4.90 Å². The fraction of sp³-hybridized carbons (Fsp3) is 0.462. The van der Waals surface area contributed by atoms with E-state index in [0.29, 0.717) is 25.3 Å². The highest BCUT2D eigenvalue weighted by molar-refractivity contribution is 9.10. The number of methoxy groups -OCH3 is 1. The summed E-state index contributed by atoms with van der Waals surface area (Å²) in [7, 11) is 1.59. The zero-order valence-electron chi connectivity index (χ0n) is 10.6. The highest BCUT2D eigenvalue weighted by Crippen LogP contribution is 2.16. The summed E-state index contributed by atoms with van der Waals surface area (Å²) in [4.78, 5) is 13.9. The van der Waals surface area contributed by atoms with E-state index in [4.69, 9.17) is 9.84 Å². The molecule has 1 amide bonds. The second kappa shape index (κ2) is 7.51. The number of halogens is 1. The largest absolute Gasteiger partial charge is 0.395 e. The van der Waals surface area contributed by atoms with E-state index < -0.39 is 0 Å². The van der Waals surface area contributed by atoms with Crippen LogP contribution in [0.4, 0.5) is 0 Å². The normalized spacial score (nSPS) is 10.4. The van der Waals surface area contributed by atoms with E-state index in [1.54, 1.807) is 18.1 Å². The van der Waals surface area contributed by atoms with Crippen LogP contribution in [0.2, 0.25) is 0 Å². The van der Waals surface area contributed by atoms with Gasteiger partial charge in [0.1, 0.15) is 0 Å². The van der Waals surface area contributed by atoms with Crippen LogP contribution in [0.1, 0.15) is 15.9 Å². The molecule has 0 aliphatic heterocycles. The maximum Gasteiger partial charge on any atom is 0.254 e. The van der Waals surface area contributed by atoms with Gasteiger partial charge in [0.25, 0.3) is 5.91 Å². The third-order valence-electron chi connectivity index (χ3n) is 2.51. The van der Waals surface area contributed by atoms with Gasteiger partial charge in [0.15, 0.2) is 0 Å². The molecule has 0 bridgehead atoms. The van der Waals surface area contributed by atoms with Gasteiger partial charge in [-0.3, -0.25) is 4.79 Å². The fourth-order valence-corrected chi connectivity index (χ4v) is 2.29. The number of aliphatic hydroxyl groups is 1. The predicted octanol–water partition coefficient (Wildman–Crippen LogP) is 1.84. The maximum atomic E-state index is 12.3. The molecule has 0 heterocycles. The summed E-state index contributed by atoms with van der Waals surface area (Å²) < 4.78 is 5.84. The van der Waals surface area contributed by atoms with Gasteiger partial charge < -0.3 is 14.7 Å². The van der Waals surface area contributed by atoms with E-state index in [1.165, 1.54) is 0 Å². The van der Waals surface area contributed by atoms with Crippen molar-refractivity contribution in [2.45, 2.75) is 6.92 Å². The van der Waals surface area contributed by atoms with E-state index in [0.717, 1.165) is 10.0 Å². The topological polar surface area (TPSA) is 49.8 Å². The highest BCUT2D eigenvalue weighted by atomic mass is 79.9. The lowest BCUT2D eigenvalue weighted by molar-refractivity contribution is 0.0656. The summed E-state index contributed by atoms with van der Waals surface area (Å²) in [5.74, 6) is -0.0921. The molecule has 5 heteroatoms. The Morgan fingerprint density at radius 2 is 2.11 bits per heavy atom. The molecule has 100 valence electrons.